The summed E-state index contributed by atoms with van der Waals surface area (Å²) in [5.74, 6) is 0. The van der Waals surface area contributed by atoms with Crippen LogP contribution in [0, 0.1) is 5.41 Å². The number of allylic oxidation sites excluding steroid dienone is 1. The maximum Gasteiger partial charge on any atom is 0.270 e. The molecular weight excluding hydrogens is 537 g/mol. The molecule has 162 valence electrons. The summed E-state index contributed by atoms with van der Waals surface area (Å²) in [5, 5.41) is 13.4. The number of alkyl halides is 1. The highest BCUT2D eigenvalue weighted by molar-refractivity contribution is 14.1. The molecule has 0 amide bonds. The predicted octanol–water partition coefficient (Wildman–Crippen LogP) is 3.75. The van der Waals surface area contributed by atoms with Crippen molar-refractivity contribution in [2.45, 2.75) is 29.7 Å². The second kappa shape index (κ2) is 8.58. The van der Waals surface area contributed by atoms with E-state index >= 15 is 0 Å². The molecule has 0 fully saturated rings. The topological polar surface area (TPSA) is 126 Å². The van der Waals surface area contributed by atoms with E-state index in [1.165, 1.54) is 22.2 Å². The third kappa shape index (κ3) is 3.77. The molecule has 0 bridgehead atoms. The van der Waals surface area contributed by atoms with Crippen molar-refractivity contribution in [3.05, 3.63) is 75.2 Å². The van der Waals surface area contributed by atoms with Crippen LogP contribution < -0.4 is 11.3 Å². The zero-order valence-corrected chi connectivity index (χ0v) is 20.0. The van der Waals surface area contributed by atoms with Crippen LogP contribution in [0.4, 0.5) is 0 Å². The van der Waals surface area contributed by atoms with Crippen molar-refractivity contribution < 1.29 is 0 Å². The van der Waals surface area contributed by atoms with E-state index in [0.717, 1.165) is 49.7 Å². The van der Waals surface area contributed by atoms with Gasteiger partial charge in [0.2, 0.25) is 0 Å². The number of nitrogens with zero attached hydrogens (tertiary/aromatic N) is 4. The molecule has 32 heavy (non-hydrogen) atoms. The fourth-order valence-corrected chi connectivity index (χ4v) is 6.16. The third-order valence-electron chi connectivity index (χ3n) is 5.52. The Hall–Kier alpha value is -2.86. The van der Waals surface area contributed by atoms with Gasteiger partial charge >= 0.3 is 0 Å². The lowest BCUT2D eigenvalue weighted by Gasteiger charge is -2.10. The Labute approximate surface area is 201 Å². The van der Waals surface area contributed by atoms with Gasteiger partial charge in [0, 0.05) is 28.8 Å². The van der Waals surface area contributed by atoms with Crippen molar-refractivity contribution in [3.8, 4) is 10.4 Å². The van der Waals surface area contributed by atoms with Gasteiger partial charge in [-0.25, -0.2) is 14.6 Å². The monoisotopic (exact) mass is 557 g/mol. The largest absolute Gasteiger partial charge is 0.405 e. The van der Waals surface area contributed by atoms with Gasteiger partial charge in [-0.15, -0.1) is 11.3 Å². The first kappa shape index (κ1) is 21.0. The smallest absolute Gasteiger partial charge is 0.270 e. The van der Waals surface area contributed by atoms with Gasteiger partial charge in [-0.1, -0.05) is 34.7 Å². The number of benzene rings is 1. The van der Waals surface area contributed by atoms with Crippen molar-refractivity contribution in [3.63, 3.8) is 0 Å². The maximum atomic E-state index is 13.4. The van der Waals surface area contributed by atoms with Gasteiger partial charge in [-0.05, 0) is 31.2 Å². The molecule has 10 heteroatoms. The van der Waals surface area contributed by atoms with Gasteiger partial charge < -0.3 is 16.1 Å². The van der Waals surface area contributed by atoms with Gasteiger partial charge in [0.25, 0.3) is 5.56 Å². The SMILES string of the molecule is N=C(/C=C\N)Cc1nc2c(s1)-c1cnn(Cc3cccc4[nH]cnc34)c(=O)c1CCC2I. The van der Waals surface area contributed by atoms with Crippen LogP contribution in [0.5, 0.6) is 0 Å². The number of hydrogen-bond donors (Lipinski definition) is 3. The molecule has 4 aromatic rings. The second-order valence-electron chi connectivity index (χ2n) is 7.60. The lowest BCUT2D eigenvalue weighted by atomic mass is 10.1. The Morgan fingerprint density at radius 3 is 3.16 bits per heavy atom. The normalized spacial score (nSPS) is 15.6. The lowest BCUT2D eigenvalue weighted by Crippen LogP contribution is -2.27. The summed E-state index contributed by atoms with van der Waals surface area (Å²) in [5.41, 5.74) is 11.1. The summed E-state index contributed by atoms with van der Waals surface area (Å²) in [6.45, 7) is 0.366. The third-order valence-corrected chi connectivity index (χ3v) is 7.84. The van der Waals surface area contributed by atoms with E-state index in [0.29, 0.717) is 25.1 Å². The minimum absolute atomic E-state index is 0.0692. The Kier molecular flexibility index (Phi) is 5.64. The van der Waals surface area contributed by atoms with E-state index in [1.807, 2.05) is 18.2 Å². The standard InChI is InChI=1S/C22H20IN7OS/c23-16-5-4-14-15(21-20(16)29-18(32-21)8-13(25)6-7-24)9-28-30(22(14)31)10-12-2-1-3-17-19(12)27-11-26-17/h1-3,6-7,9,11,16,25H,4-5,8,10,24H2,(H,26,27)/b7-6-,25-13?. The predicted molar refractivity (Wildman–Crippen MR) is 135 cm³/mol. The van der Waals surface area contributed by atoms with Crippen LogP contribution in [0.1, 0.15) is 32.2 Å². The molecule has 0 aliphatic heterocycles. The van der Waals surface area contributed by atoms with Crippen molar-refractivity contribution in [2.75, 3.05) is 0 Å². The Balaban J connectivity index is 1.54. The number of nitrogens with two attached hydrogens (primary N) is 1. The summed E-state index contributed by atoms with van der Waals surface area (Å²) < 4.78 is 1.73. The first-order valence-corrected chi connectivity index (χ1v) is 12.2. The van der Waals surface area contributed by atoms with Crippen molar-refractivity contribution in [1.82, 2.24) is 24.7 Å². The number of aromatic amines is 1. The zero-order valence-electron chi connectivity index (χ0n) is 17.0. The summed E-state index contributed by atoms with van der Waals surface area (Å²) in [6.07, 6.45) is 8.33. The number of hydrogen-bond acceptors (Lipinski definition) is 7. The van der Waals surface area contributed by atoms with E-state index in [9.17, 15) is 4.79 Å². The summed E-state index contributed by atoms with van der Waals surface area (Å²) >= 11 is 3.94. The van der Waals surface area contributed by atoms with Gasteiger partial charge in [0.05, 0.1) is 49.6 Å². The minimum atomic E-state index is -0.0692. The molecule has 1 aromatic carbocycles. The molecule has 0 radical (unpaired) electrons. The molecule has 5 rings (SSSR count). The molecule has 0 saturated carbocycles. The van der Waals surface area contributed by atoms with E-state index in [-0.39, 0.29) is 9.48 Å². The number of aromatic nitrogens is 5. The van der Waals surface area contributed by atoms with Crippen LogP contribution in [0.2, 0.25) is 0 Å². The fourth-order valence-electron chi connectivity index (χ4n) is 4.00. The molecular formula is C22H20IN7OS. The van der Waals surface area contributed by atoms with Crippen LogP contribution in [0.3, 0.4) is 0 Å². The summed E-state index contributed by atoms with van der Waals surface area (Å²) in [7, 11) is 0. The maximum absolute atomic E-state index is 13.4. The number of fused-ring (bicyclic) bond motifs is 4. The first-order valence-electron chi connectivity index (χ1n) is 10.1. The minimum Gasteiger partial charge on any atom is -0.405 e. The van der Waals surface area contributed by atoms with Crippen molar-refractivity contribution >= 4 is 50.7 Å². The van der Waals surface area contributed by atoms with Gasteiger partial charge in [0.1, 0.15) is 0 Å². The Bertz CT molecular complexity index is 1420. The molecule has 1 aliphatic carbocycles. The number of halogens is 1. The molecule has 1 aliphatic rings. The quantitative estimate of drug-likeness (QED) is 0.196. The molecule has 4 N–H and O–H groups in total. The van der Waals surface area contributed by atoms with Crippen LogP contribution in [0.15, 0.2) is 47.8 Å². The second-order valence-corrected chi connectivity index (χ2v) is 10.2. The number of rotatable bonds is 5. The lowest BCUT2D eigenvalue weighted by molar-refractivity contribution is 0.630. The Morgan fingerprint density at radius 2 is 2.31 bits per heavy atom. The molecule has 8 nitrogen and oxygen atoms in total. The zero-order chi connectivity index (χ0) is 22.2. The van der Waals surface area contributed by atoms with E-state index in [2.05, 4.69) is 37.7 Å². The van der Waals surface area contributed by atoms with Crippen LogP contribution in [-0.2, 0) is 19.4 Å². The fraction of sp³-hybridized carbons (Fsp3) is 0.227. The molecule has 0 spiro atoms. The highest BCUT2D eigenvalue weighted by Gasteiger charge is 2.27. The average molecular weight is 557 g/mol. The summed E-state index contributed by atoms with van der Waals surface area (Å²) in [4.78, 5) is 26.7. The highest BCUT2D eigenvalue weighted by Crippen LogP contribution is 2.43. The van der Waals surface area contributed by atoms with Crippen molar-refractivity contribution in [2.24, 2.45) is 5.73 Å². The number of thiazole rings is 1. The average Bonchev–Trinajstić information content (AvgIpc) is 3.39. The molecule has 1 unspecified atom stereocenters. The van der Waals surface area contributed by atoms with Crippen LogP contribution >= 0.6 is 33.9 Å². The molecule has 0 saturated heterocycles. The van der Waals surface area contributed by atoms with Crippen LogP contribution in [0.25, 0.3) is 21.5 Å². The van der Waals surface area contributed by atoms with Crippen molar-refractivity contribution in [1.29, 1.82) is 5.41 Å². The van der Waals surface area contributed by atoms with Gasteiger partial charge in [0.15, 0.2) is 0 Å². The number of nitrogens with one attached hydrogen (secondary N) is 2. The number of H-pyrrole nitrogens is 1. The molecule has 3 aromatic heterocycles. The number of para-hydroxylation sites is 1. The van der Waals surface area contributed by atoms with E-state index < -0.39 is 0 Å². The molecule has 1 atom stereocenters. The van der Waals surface area contributed by atoms with E-state index in [4.69, 9.17) is 16.1 Å². The highest BCUT2D eigenvalue weighted by atomic mass is 127. The van der Waals surface area contributed by atoms with Crippen LogP contribution in [-0.4, -0.2) is 30.4 Å². The Morgan fingerprint density at radius 1 is 1.44 bits per heavy atom. The van der Waals surface area contributed by atoms with Gasteiger partial charge in [-0.3, -0.25) is 4.79 Å². The van der Waals surface area contributed by atoms with E-state index in [1.54, 1.807) is 18.6 Å². The molecule has 3 heterocycles. The number of imidazole rings is 1. The summed E-state index contributed by atoms with van der Waals surface area (Å²) in [6, 6.07) is 5.89. The van der Waals surface area contributed by atoms with Gasteiger partial charge in [-0.2, -0.15) is 5.10 Å². The first-order chi connectivity index (χ1) is 15.5.